The van der Waals surface area contributed by atoms with Crippen LogP contribution in [0.1, 0.15) is 22.7 Å². The van der Waals surface area contributed by atoms with Gasteiger partial charge in [0.15, 0.2) is 0 Å². The van der Waals surface area contributed by atoms with Crippen LogP contribution in [0, 0.1) is 12.7 Å². The second-order valence-corrected chi connectivity index (χ2v) is 4.89. The minimum absolute atomic E-state index is 0.271. The summed E-state index contributed by atoms with van der Waals surface area (Å²) in [5.74, 6) is -0.328. The van der Waals surface area contributed by atoms with Gasteiger partial charge in [-0.1, -0.05) is 23.8 Å². The molecule has 5 heteroatoms. The Morgan fingerprint density at radius 1 is 1.10 bits per heavy atom. The Kier molecular flexibility index (Phi) is 2.91. The summed E-state index contributed by atoms with van der Waals surface area (Å²) in [4.78, 5) is 16.6. The first-order chi connectivity index (χ1) is 9.54. The number of H-pyrrole nitrogens is 2. The first-order valence-corrected chi connectivity index (χ1v) is 6.28. The van der Waals surface area contributed by atoms with Crippen LogP contribution in [0.15, 0.2) is 41.2 Å². The predicted octanol–water partition coefficient (Wildman–Crippen LogP) is 2.35. The van der Waals surface area contributed by atoms with E-state index in [4.69, 9.17) is 5.73 Å². The Morgan fingerprint density at radius 2 is 1.85 bits per heavy atom. The highest BCUT2D eigenvalue weighted by Crippen LogP contribution is 2.24. The van der Waals surface area contributed by atoms with Crippen molar-refractivity contribution >= 4 is 11.0 Å². The normalized spacial score (nSPS) is 12.8. The second-order valence-electron chi connectivity index (χ2n) is 4.89. The van der Waals surface area contributed by atoms with Crippen molar-refractivity contribution in [3.63, 3.8) is 0 Å². The molecule has 3 rings (SSSR count). The quantitative estimate of drug-likeness (QED) is 0.669. The van der Waals surface area contributed by atoms with Crippen LogP contribution in [-0.4, -0.2) is 9.97 Å². The lowest BCUT2D eigenvalue weighted by atomic mass is 9.97. The Hall–Kier alpha value is -2.40. The van der Waals surface area contributed by atoms with Gasteiger partial charge in [-0.05, 0) is 30.7 Å². The lowest BCUT2D eigenvalue weighted by Gasteiger charge is -2.14. The van der Waals surface area contributed by atoms with Crippen molar-refractivity contribution in [2.75, 3.05) is 0 Å². The molecule has 2 aromatic carbocycles. The van der Waals surface area contributed by atoms with E-state index in [-0.39, 0.29) is 11.5 Å². The fourth-order valence-electron chi connectivity index (χ4n) is 2.32. The van der Waals surface area contributed by atoms with E-state index in [1.165, 1.54) is 6.07 Å². The highest BCUT2D eigenvalue weighted by atomic mass is 19.1. The van der Waals surface area contributed by atoms with Gasteiger partial charge in [-0.3, -0.25) is 0 Å². The molecule has 0 bridgehead atoms. The van der Waals surface area contributed by atoms with Crippen molar-refractivity contribution in [2.45, 2.75) is 13.0 Å². The van der Waals surface area contributed by atoms with E-state index < -0.39 is 6.04 Å². The molecule has 1 aromatic heterocycles. The monoisotopic (exact) mass is 271 g/mol. The molecule has 1 atom stereocenters. The number of hydrogen-bond acceptors (Lipinski definition) is 2. The molecule has 0 fully saturated rings. The number of benzene rings is 2. The molecule has 4 nitrogen and oxygen atoms in total. The molecule has 1 heterocycles. The third-order valence-corrected chi connectivity index (χ3v) is 3.39. The number of fused-ring (bicyclic) bond motifs is 1. The number of aromatic amines is 2. The number of nitrogens with one attached hydrogen (secondary N) is 2. The van der Waals surface area contributed by atoms with Crippen LogP contribution in [0.2, 0.25) is 0 Å². The summed E-state index contributed by atoms with van der Waals surface area (Å²) in [7, 11) is 0. The smallest absolute Gasteiger partial charge is 0.320 e. The summed E-state index contributed by atoms with van der Waals surface area (Å²) in [5, 5.41) is 0. The van der Waals surface area contributed by atoms with E-state index in [1.807, 2.05) is 6.92 Å². The van der Waals surface area contributed by atoms with Gasteiger partial charge in [0.25, 0.3) is 0 Å². The number of aromatic nitrogens is 2. The molecule has 20 heavy (non-hydrogen) atoms. The zero-order valence-electron chi connectivity index (χ0n) is 10.9. The molecule has 0 aliphatic rings. The van der Waals surface area contributed by atoms with Crippen LogP contribution in [0.25, 0.3) is 11.0 Å². The van der Waals surface area contributed by atoms with E-state index in [0.29, 0.717) is 16.6 Å². The lowest BCUT2D eigenvalue weighted by molar-refractivity contribution is 0.599. The van der Waals surface area contributed by atoms with E-state index in [0.717, 1.165) is 11.1 Å². The zero-order valence-corrected chi connectivity index (χ0v) is 10.9. The van der Waals surface area contributed by atoms with Gasteiger partial charge in [-0.15, -0.1) is 0 Å². The number of rotatable bonds is 2. The summed E-state index contributed by atoms with van der Waals surface area (Å²) in [6.07, 6.45) is 0. The Morgan fingerprint density at radius 3 is 2.65 bits per heavy atom. The predicted molar refractivity (Wildman–Crippen MR) is 76.1 cm³/mol. The number of hydrogen-bond donors (Lipinski definition) is 3. The van der Waals surface area contributed by atoms with Gasteiger partial charge >= 0.3 is 5.69 Å². The SMILES string of the molecule is Cc1ccc(F)c(C(N)c2ccc3[nH]c(=O)[nH]c3c2)c1. The van der Waals surface area contributed by atoms with Crippen molar-refractivity contribution < 1.29 is 4.39 Å². The molecule has 1 unspecified atom stereocenters. The van der Waals surface area contributed by atoms with E-state index in [1.54, 1.807) is 30.3 Å². The molecule has 0 saturated heterocycles. The maximum atomic E-state index is 13.9. The molecular weight excluding hydrogens is 257 g/mol. The van der Waals surface area contributed by atoms with E-state index >= 15 is 0 Å². The molecule has 3 aromatic rings. The van der Waals surface area contributed by atoms with Crippen LogP contribution < -0.4 is 11.4 Å². The third kappa shape index (κ3) is 2.12. The van der Waals surface area contributed by atoms with Gasteiger partial charge in [0.1, 0.15) is 5.82 Å². The molecule has 0 aliphatic heterocycles. The molecule has 0 amide bonds. The summed E-state index contributed by atoms with van der Waals surface area (Å²) in [6.45, 7) is 1.89. The zero-order chi connectivity index (χ0) is 14.3. The molecule has 4 N–H and O–H groups in total. The van der Waals surface area contributed by atoms with Crippen molar-refractivity contribution in [2.24, 2.45) is 5.73 Å². The minimum Gasteiger partial charge on any atom is -0.320 e. The van der Waals surface area contributed by atoms with Gasteiger partial charge in [0, 0.05) is 5.56 Å². The molecule has 0 spiro atoms. The van der Waals surface area contributed by atoms with Crippen molar-refractivity contribution in [1.29, 1.82) is 0 Å². The van der Waals surface area contributed by atoms with Gasteiger partial charge in [-0.25, -0.2) is 9.18 Å². The first kappa shape index (κ1) is 12.6. The van der Waals surface area contributed by atoms with Crippen molar-refractivity contribution in [1.82, 2.24) is 9.97 Å². The maximum Gasteiger partial charge on any atom is 0.323 e. The summed E-state index contributed by atoms with van der Waals surface area (Å²) in [5.41, 5.74) is 9.38. The Labute approximate surface area is 114 Å². The van der Waals surface area contributed by atoms with E-state index in [9.17, 15) is 9.18 Å². The topological polar surface area (TPSA) is 74.7 Å². The van der Waals surface area contributed by atoms with Gasteiger partial charge in [-0.2, -0.15) is 0 Å². The summed E-state index contributed by atoms with van der Waals surface area (Å²) in [6, 6.07) is 9.61. The van der Waals surface area contributed by atoms with Crippen LogP contribution in [-0.2, 0) is 0 Å². The van der Waals surface area contributed by atoms with Crippen molar-refractivity contribution in [3.05, 3.63) is 69.4 Å². The van der Waals surface area contributed by atoms with Crippen LogP contribution in [0.5, 0.6) is 0 Å². The van der Waals surface area contributed by atoms with Gasteiger partial charge < -0.3 is 15.7 Å². The standard InChI is InChI=1S/C15H14FN3O/c1-8-2-4-11(16)10(6-8)14(17)9-3-5-12-13(7-9)19-15(20)18-12/h2-7,14H,17H2,1H3,(H2,18,19,20). The Bertz CT molecular complexity index is 834. The highest BCUT2D eigenvalue weighted by molar-refractivity contribution is 5.75. The number of imidazole rings is 1. The fourth-order valence-corrected chi connectivity index (χ4v) is 2.32. The molecule has 0 saturated carbocycles. The molecule has 0 aliphatic carbocycles. The van der Waals surface area contributed by atoms with Gasteiger partial charge in [0.2, 0.25) is 0 Å². The fraction of sp³-hybridized carbons (Fsp3) is 0.133. The molecule has 102 valence electrons. The van der Waals surface area contributed by atoms with Crippen LogP contribution in [0.4, 0.5) is 4.39 Å². The van der Waals surface area contributed by atoms with Gasteiger partial charge in [0.05, 0.1) is 17.1 Å². The summed E-state index contributed by atoms with van der Waals surface area (Å²) >= 11 is 0. The third-order valence-electron chi connectivity index (χ3n) is 3.39. The number of aryl methyl sites for hydroxylation is 1. The number of nitrogens with two attached hydrogens (primary N) is 1. The lowest BCUT2D eigenvalue weighted by Crippen LogP contribution is -2.13. The largest absolute Gasteiger partial charge is 0.323 e. The maximum absolute atomic E-state index is 13.9. The minimum atomic E-state index is -0.572. The molecular formula is C15H14FN3O. The highest BCUT2D eigenvalue weighted by Gasteiger charge is 2.14. The van der Waals surface area contributed by atoms with E-state index in [2.05, 4.69) is 9.97 Å². The number of halogens is 1. The second kappa shape index (κ2) is 4.61. The summed E-state index contributed by atoms with van der Waals surface area (Å²) < 4.78 is 13.9. The van der Waals surface area contributed by atoms with Crippen LogP contribution >= 0.6 is 0 Å². The van der Waals surface area contributed by atoms with Crippen LogP contribution in [0.3, 0.4) is 0 Å². The first-order valence-electron chi connectivity index (χ1n) is 6.28. The average Bonchev–Trinajstić information content (AvgIpc) is 2.79. The van der Waals surface area contributed by atoms with Crippen molar-refractivity contribution in [3.8, 4) is 0 Å². The average molecular weight is 271 g/mol. The molecule has 0 radical (unpaired) electrons. The Balaban J connectivity index is 2.09.